The summed E-state index contributed by atoms with van der Waals surface area (Å²) in [6.07, 6.45) is 5.67. The van der Waals surface area contributed by atoms with Crippen molar-refractivity contribution in [3.8, 4) is 0 Å². The third-order valence-corrected chi connectivity index (χ3v) is 6.32. The molecule has 0 radical (unpaired) electrons. The van der Waals surface area contributed by atoms with Gasteiger partial charge < -0.3 is 9.73 Å². The molecule has 7 nitrogen and oxygen atoms in total. The van der Waals surface area contributed by atoms with E-state index >= 15 is 0 Å². The molecule has 0 spiro atoms. The molecule has 0 aliphatic heterocycles. The van der Waals surface area contributed by atoms with E-state index in [0.29, 0.717) is 23.9 Å². The molecule has 4 aromatic rings. The number of hydrogen-bond donors (Lipinski definition) is 1. The summed E-state index contributed by atoms with van der Waals surface area (Å²) in [5.74, 6) is 0.556. The van der Waals surface area contributed by atoms with Crippen LogP contribution in [0.1, 0.15) is 62.1 Å². The minimum atomic E-state index is -0.668. The number of carbonyl (C=O) groups is 1. The van der Waals surface area contributed by atoms with Gasteiger partial charge in [0.05, 0.1) is 17.8 Å². The minimum absolute atomic E-state index is 0.0350. The van der Waals surface area contributed by atoms with Crippen LogP contribution >= 0.6 is 0 Å². The zero-order chi connectivity index (χ0) is 21.5. The van der Waals surface area contributed by atoms with Crippen molar-refractivity contribution in [3.63, 3.8) is 0 Å². The van der Waals surface area contributed by atoms with Crippen LogP contribution in [0.2, 0.25) is 0 Å². The normalized spacial score (nSPS) is 17.0. The van der Waals surface area contributed by atoms with Crippen LogP contribution < -0.4 is 10.9 Å². The summed E-state index contributed by atoms with van der Waals surface area (Å²) in [7, 11) is 0. The van der Waals surface area contributed by atoms with Crippen molar-refractivity contribution in [1.82, 2.24) is 19.5 Å². The van der Waals surface area contributed by atoms with E-state index in [-0.39, 0.29) is 17.5 Å². The lowest BCUT2D eigenvalue weighted by atomic mass is 9.87. The smallest absolute Gasteiger partial charge is 0.291 e. The molecule has 160 valence electrons. The molecule has 0 fully saturated rings. The van der Waals surface area contributed by atoms with Gasteiger partial charge >= 0.3 is 0 Å². The number of furan rings is 1. The molecular formula is C24H26N4O3. The van der Waals surface area contributed by atoms with Gasteiger partial charge in [0, 0.05) is 18.6 Å². The maximum atomic E-state index is 13.3. The van der Waals surface area contributed by atoms with E-state index in [1.54, 1.807) is 12.3 Å². The molecule has 1 aromatic carbocycles. The summed E-state index contributed by atoms with van der Waals surface area (Å²) in [5, 5.41) is 7.81. The number of hydrogen-bond acceptors (Lipinski definition) is 4. The van der Waals surface area contributed by atoms with E-state index in [1.807, 2.05) is 36.4 Å². The number of carbonyl (C=O) groups excluding carboxylic acids is 1. The van der Waals surface area contributed by atoms with Crippen LogP contribution in [0.5, 0.6) is 0 Å². The first-order valence-electron chi connectivity index (χ1n) is 11.0. The Bertz CT molecular complexity index is 1330. The highest BCUT2D eigenvalue weighted by Crippen LogP contribution is 2.30. The Morgan fingerprint density at radius 2 is 2.10 bits per heavy atom. The number of rotatable bonds is 5. The fraction of sp³-hybridized carbons (Fsp3) is 0.375. The molecule has 3 aromatic heterocycles. The average molecular weight is 418 g/mol. The highest BCUT2D eigenvalue weighted by molar-refractivity contribution is 5.83. The quantitative estimate of drug-likeness (QED) is 0.532. The van der Waals surface area contributed by atoms with Crippen LogP contribution in [0.15, 0.2) is 51.9 Å². The fourth-order valence-electron chi connectivity index (χ4n) is 4.77. The van der Waals surface area contributed by atoms with E-state index in [0.717, 1.165) is 30.6 Å². The van der Waals surface area contributed by atoms with Gasteiger partial charge in [-0.2, -0.15) is 5.10 Å². The van der Waals surface area contributed by atoms with Crippen molar-refractivity contribution >= 4 is 22.5 Å². The maximum absolute atomic E-state index is 13.3. The number of nitrogens with one attached hydrogen (secondary N) is 1. The Morgan fingerprint density at radius 3 is 2.90 bits per heavy atom. The van der Waals surface area contributed by atoms with E-state index < -0.39 is 6.04 Å². The number of amides is 1. The van der Waals surface area contributed by atoms with Crippen molar-refractivity contribution in [2.24, 2.45) is 0 Å². The first kappa shape index (κ1) is 19.6. The summed E-state index contributed by atoms with van der Waals surface area (Å²) in [5.41, 5.74) is 4.12. The van der Waals surface area contributed by atoms with Crippen molar-refractivity contribution in [2.45, 2.75) is 58.0 Å². The highest BCUT2D eigenvalue weighted by atomic mass is 16.3. The standard InChI is InChI=1S/C24H26N4O3/c1-3-18(23(29)25-17-11-7-9-15-8-5-6-10-16(15)17)28-24(30)20-14-21-19(12-13-31-21)27(20)22(4-2)26-28/h5-6,8,10,12-14,17-18H,3-4,7,9,11H2,1-2H3,(H,25,29)/t17-,18+/m0/s1. The Hall–Kier alpha value is -3.35. The van der Waals surface area contributed by atoms with Gasteiger partial charge in [-0.15, -0.1) is 0 Å². The molecule has 1 aliphatic rings. The van der Waals surface area contributed by atoms with E-state index in [1.165, 1.54) is 15.8 Å². The Kier molecular flexibility index (Phi) is 4.88. The topological polar surface area (TPSA) is 81.5 Å². The van der Waals surface area contributed by atoms with E-state index in [9.17, 15) is 9.59 Å². The molecule has 0 bridgehead atoms. The van der Waals surface area contributed by atoms with Gasteiger partial charge in [-0.25, -0.2) is 4.68 Å². The minimum Gasteiger partial charge on any atom is -0.463 e. The number of aryl methyl sites for hydroxylation is 2. The monoisotopic (exact) mass is 418 g/mol. The maximum Gasteiger partial charge on any atom is 0.291 e. The molecular weight excluding hydrogens is 392 g/mol. The summed E-state index contributed by atoms with van der Waals surface area (Å²) in [4.78, 5) is 26.6. The van der Waals surface area contributed by atoms with Crippen LogP contribution in [0.25, 0.3) is 16.6 Å². The van der Waals surface area contributed by atoms with Gasteiger partial charge in [0.25, 0.3) is 5.56 Å². The first-order valence-corrected chi connectivity index (χ1v) is 11.0. The zero-order valence-electron chi connectivity index (χ0n) is 17.8. The third-order valence-electron chi connectivity index (χ3n) is 6.32. The second-order valence-electron chi connectivity index (χ2n) is 8.13. The molecule has 31 heavy (non-hydrogen) atoms. The summed E-state index contributed by atoms with van der Waals surface area (Å²) in [6, 6.07) is 11.1. The van der Waals surface area contributed by atoms with Gasteiger partial charge in [0.1, 0.15) is 17.4 Å². The third kappa shape index (κ3) is 3.15. The van der Waals surface area contributed by atoms with Crippen LogP contribution in [-0.2, 0) is 17.6 Å². The van der Waals surface area contributed by atoms with Crippen LogP contribution in [0.4, 0.5) is 0 Å². The molecule has 7 heteroatoms. The van der Waals surface area contributed by atoms with Gasteiger partial charge in [0.15, 0.2) is 5.58 Å². The van der Waals surface area contributed by atoms with Gasteiger partial charge in [-0.05, 0) is 36.8 Å². The first-order chi connectivity index (χ1) is 15.1. The predicted octanol–water partition coefficient (Wildman–Crippen LogP) is 3.95. The summed E-state index contributed by atoms with van der Waals surface area (Å²) in [6.45, 7) is 3.90. The Labute approximate surface area is 179 Å². The Morgan fingerprint density at radius 1 is 1.26 bits per heavy atom. The number of benzene rings is 1. The van der Waals surface area contributed by atoms with Crippen LogP contribution in [0, 0.1) is 0 Å². The number of fused-ring (bicyclic) bond motifs is 4. The largest absolute Gasteiger partial charge is 0.463 e. The van der Waals surface area contributed by atoms with Crippen molar-refractivity contribution < 1.29 is 9.21 Å². The molecule has 2 atom stereocenters. The second-order valence-corrected chi connectivity index (χ2v) is 8.13. The van der Waals surface area contributed by atoms with Gasteiger partial charge in [0.2, 0.25) is 5.91 Å². The molecule has 3 heterocycles. The van der Waals surface area contributed by atoms with E-state index in [4.69, 9.17) is 4.42 Å². The fourth-order valence-corrected chi connectivity index (χ4v) is 4.77. The zero-order valence-corrected chi connectivity index (χ0v) is 17.8. The second kappa shape index (κ2) is 7.72. The average Bonchev–Trinajstić information content (AvgIpc) is 3.38. The van der Waals surface area contributed by atoms with Crippen LogP contribution in [-0.4, -0.2) is 20.1 Å². The SMILES string of the molecule is CCc1nn([C@H](CC)C(=O)N[C@H]2CCCc3ccccc32)c(=O)c2cc3occc3n12. The number of nitrogens with zero attached hydrogens (tertiary/aromatic N) is 3. The molecule has 5 rings (SSSR count). The van der Waals surface area contributed by atoms with Gasteiger partial charge in [-0.3, -0.25) is 14.0 Å². The van der Waals surface area contributed by atoms with Crippen molar-refractivity contribution in [3.05, 3.63) is 70.0 Å². The van der Waals surface area contributed by atoms with Crippen molar-refractivity contribution in [2.75, 3.05) is 0 Å². The molecule has 1 N–H and O–H groups in total. The van der Waals surface area contributed by atoms with Crippen molar-refractivity contribution in [1.29, 1.82) is 0 Å². The lowest BCUT2D eigenvalue weighted by Gasteiger charge is -2.28. The number of aromatic nitrogens is 3. The molecule has 0 saturated carbocycles. The van der Waals surface area contributed by atoms with Gasteiger partial charge in [-0.1, -0.05) is 38.1 Å². The summed E-state index contributed by atoms with van der Waals surface area (Å²) >= 11 is 0. The molecule has 1 amide bonds. The summed E-state index contributed by atoms with van der Waals surface area (Å²) < 4.78 is 8.68. The lowest BCUT2D eigenvalue weighted by molar-refractivity contribution is -0.125. The Balaban J connectivity index is 1.53. The molecule has 0 saturated heterocycles. The van der Waals surface area contributed by atoms with E-state index in [2.05, 4.69) is 22.5 Å². The predicted molar refractivity (Wildman–Crippen MR) is 118 cm³/mol. The lowest BCUT2D eigenvalue weighted by Crippen LogP contribution is -2.41. The van der Waals surface area contributed by atoms with Crippen LogP contribution in [0.3, 0.4) is 0 Å². The molecule has 1 aliphatic carbocycles. The highest BCUT2D eigenvalue weighted by Gasteiger charge is 2.28. The molecule has 0 unspecified atom stereocenters.